The number of rotatable bonds is 14. The molecule has 0 aromatic heterocycles. The van der Waals surface area contributed by atoms with Gasteiger partial charge in [0.25, 0.3) is 0 Å². The van der Waals surface area contributed by atoms with E-state index in [2.05, 4.69) is 51.1 Å². The van der Waals surface area contributed by atoms with E-state index in [0.717, 1.165) is 62.5 Å². The Balaban J connectivity index is 2.08. The van der Waals surface area contributed by atoms with E-state index in [4.69, 9.17) is 21.1 Å². The fourth-order valence-electron chi connectivity index (χ4n) is 3.64. The number of fused-ring (bicyclic) bond motifs is 1. The summed E-state index contributed by atoms with van der Waals surface area (Å²) < 4.78 is 12.4. The first-order valence-electron chi connectivity index (χ1n) is 11.1. The lowest BCUT2D eigenvalue weighted by molar-refractivity contribution is 0.183. The van der Waals surface area contributed by atoms with Gasteiger partial charge in [0.2, 0.25) is 0 Å². The van der Waals surface area contributed by atoms with E-state index >= 15 is 0 Å². The van der Waals surface area contributed by atoms with Gasteiger partial charge >= 0.3 is 0 Å². The van der Waals surface area contributed by atoms with Gasteiger partial charge in [0.1, 0.15) is 11.5 Å². The first-order valence-corrected chi connectivity index (χ1v) is 11.7. The third-order valence-electron chi connectivity index (χ3n) is 5.34. The smallest absolute Gasteiger partial charge is 0.123 e. The maximum absolute atomic E-state index is 6.28. The Bertz CT molecular complexity index is 698. The van der Waals surface area contributed by atoms with Crippen molar-refractivity contribution in [2.45, 2.75) is 84.7 Å². The molecule has 0 bridgehead atoms. The molecule has 0 saturated carbocycles. The number of hydrogen-bond donors (Lipinski definition) is 0. The van der Waals surface area contributed by atoms with Gasteiger partial charge in [0.05, 0.1) is 12.7 Å². The summed E-state index contributed by atoms with van der Waals surface area (Å²) in [5.74, 6) is 2.73. The predicted octanol–water partition coefficient (Wildman–Crippen LogP) is 7.93. The topological polar surface area (TPSA) is 18.5 Å². The van der Waals surface area contributed by atoms with Crippen LogP contribution in [0.15, 0.2) is 30.3 Å². The first kappa shape index (κ1) is 22.9. The number of benzene rings is 2. The fraction of sp³-hybridized carbons (Fsp3) is 0.600. The minimum Gasteiger partial charge on any atom is -0.493 e. The zero-order chi connectivity index (χ0) is 20.2. The summed E-state index contributed by atoms with van der Waals surface area (Å²) in [6.45, 7) is 7.41. The van der Waals surface area contributed by atoms with E-state index in [1.54, 1.807) is 0 Å². The monoisotopic (exact) mass is 404 g/mol. The van der Waals surface area contributed by atoms with Gasteiger partial charge in [-0.25, -0.2) is 0 Å². The zero-order valence-electron chi connectivity index (χ0n) is 17.9. The van der Waals surface area contributed by atoms with Crippen LogP contribution in [0.25, 0.3) is 10.8 Å². The van der Waals surface area contributed by atoms with E-state index in [1.807, 2.05) is 0 Å². The molecular weight excluding hydrogens is 368 g/mol. The molecule has 2 aromatic rings. The second-order valence-corrected chi connectivity index (χ2v) is 7.90. The molecule has 2 rings (SSSR count). The van der Waals surface area contributed by atoms with Crippen LogP contribution in [0, 0.1) is 0 Å². The molecule has 2 aromatic carbocycles. The van der Waals surface area contributed by atoms with Crippen LogP contribution in [-0.4, -0.2) is 18.6 Å². The van der Waals surface area contributed by atoms with Crippen molar-refractivity contribution in [1.29, 1.82) is 0 Å². The first-order chi connectivity index (χ1) is 13.7. The van der Waals surface area contributed by atoms with Crippen LogP contribution in [-0.2, 0) is 6.42 Å². The Morgan fingerprint density at radius 3 is 2.50 bits per heavy atom. The van der Waals surface area contributed by atoms with Crippen LogP contribution >= 0.6 is 11.6 Å². The maximum Gasteiger partial charge on any atom is 0.123 e. The molecule has 0 amide bonds. The highest BCUT2D eigenvalue weighted by molar-refractivity contribution is 6.17. The minimum absolute atomic E-state index is 0.310. The van der Waals surface area contributed by atoms with Crippen molar-refractivity contribution < 1.29 is 9.47 Å². The van der Waals surface area contributed by atoms with Crippen LogP contribution in [0.3, 0.4) is 0 Å². The number of ether oxygens (including phenoxy) is 2. The summed E-state index contributed by atoms with van der Waals surface area (Å²) in [5.41, 5.74) is 1.29. The minimum atomic E-state index is 0.310. The van der Waals surface area contributed by atoms with Crippen molar-refractivity contribution in [3.8, 4) is 11.5 Å². The maximum atomic E-state index is 6.28. The quantitative estimate of drug-likeness (QED) is 0.235. The van der Waals surface area contributed by atoms with Gasteiger partial charge < -0.3 is 9.47 Å². The highest BCUT2D eigenvalue weighted by Crippen LogP contribution is 2.32. The number of aryl methyl sites for hydroxylation is 1. The highest BCUT2D eigenvalue weighted by Gasteiger charge is 2.11. The van der Waals surface area contributed by atoms with Gasteiger partial charge in [-0.2, -0.15) is 0 Å². The number of unbranched alkanes of at least 4 members (excludes halogenated alkanes) is 4. The standard InChI is InChI=1S/C25H37ClO2/c1-4-7-9-12-21(5-2)28-22-14-15-24-20(19-22)13-16-25(23(24)6-3)27-18-11-8-10-17-26/h13-16,19,21H,4-12,17-18H2,1-3H3. The van der Waals surface area contributed by atoms with Crippen molar-refractivity contribution in [2.75, 3.05) is 12.5 Å². The second-order valence-electron chi connectivity index (χ2n) is 7.52. The van der Waals surface area contributed by atoms with Crippen molar-refractivity contribution in [1.82, 2.24) is 0 Å². The van der Waals surface area contributed by atoms with E-state index in [1.165, 1.54) is 35.6 Å². The molecule has 0 aliphatic heterocycles. The molecule has 0 fully saturated rings. The van der Waals surface area contributed by atoms with Crippen LogP contribution < -0.4 is 9.47 Å². The Labute approximate surface area is 176 Å². The summed E-state index contributed by atoms with van der Waals surface area (Å²) in [7, 11) is 0. The number of alkyl halides is 1. The van der Waals surface area contributed by atoms with Crippen LogP contribution in [0.1, 0.15) is 77.7 Å². The SMILES string of the molecule is CCCCCC(CC)Oc1ccc2c(CC)c(OCCCCCCl)ccc2c1. The van der Waals surface area contributed by atoms with Gasteiger partial charge in [0, 0.05) is 11.4 Å². The molecule has 3 heteroatoms. The molecule has 1 atom stereocenters. The zero-order valence-corrected chi connectivity index (χ0v) is 18.7. The lowest BCUT2D eigenvalue weighted by atomic mass is 10.0. The summed E-state index contributed by atoms with van der Waals surface area (Å²) in [4.78, 5) is 0. The second kappa shape index (κ2) is 12.9. The van der Waals surface area contributed by atoms with Gasteiger partial charge in [-0.15, -0.1) is 11.6 Å². The summed E-state index contributed by atoms with van der Waals surface area (Å²) in [5, 5.41) is 2.50. The molecule has 0 saturated heterocycles. The van der Waals surface area contributed by atoms with Crippen LogP contribution in [0.4, 0.5) is 0 Å². The van der Waals surface area contributed by atoms with Crippen molar-refractivity contribution in [3.05, 3.63) is 35.9 Å². The summed E-state index contributed by atoms with van der Waals surface area (Å²) in [6.07, 6.45) is 10.5. The fourth-order valence-corrected chi connectivity index (χ4v) is 3.83. The molecule has 0 spiro atoms. The molecule has 2 nitrogen and oxygen atoms in total. The molecule has 156 valence electrons. The van der Waals surface area contributed by atoms with Crippen molar-refractivity contribution in [3.63, 3.8) is 0 Å². The third-order valence-corrected chi connectivity index (χ3v) is 5.60. The Kier molecular flexibility index (Phi) is 10.6. The predicted molar refractivity (Wildman–Crippen MR) is 122 cm³/mol. The van der Waals surface area contributed by atoms with E-state index < -0.39 is 0 Å². The van der Waals surface area contributed by atoms with Crippen molar-refractivity contribution >= 4 is 22.4 Å². The largest absolute Gasteiger partial charge is 0.493 e. The summed E-state index contributed by atoms with van der Waals surface area (Å²) >= 11 is 5.74. The van der Waals surface area contributed by atoms with Crippen LogP contribution in [0.5, 0.6) is 11.5 Å². The van der Waals surface area contributed by atoms with E-state index in [-0.39, 0.29) is 0 Å². The highest BCUT2D eigenvalue weighted by atomic mass is 35.5. The molecule has 0 N–H and O–H groups in total. The molecular formula is C25H37ClO2. The van der Waals surface area contributed by atoms with Gasteiger partial charge in [-0.05, 0) is 73.9 Å². The average molecular weight is 405 g/mol. The molecule has 1 unspecified atom stereocenters. The number of hydrogen-bond acceptors (Lipinski definition) is 2. The normalized spacial score (nSPS) is 12.3. The molecule has 0 aliphatic rings. The molecule has 0 aliphatic carbocycles. The van der Waals surface area contributed by atoms with Gasteiger partial charge in [0.15, 0.2) is 0 Å². The average Bonchev–Trinajstić information content (AvgIpc) is 2.72. The lowest BCUT2D eigenvalue weighted by Crippen LogP contribution is -2.15. The third kappa shape index (κ3) is 6.88. The van der Waals surface area contributed by atoms with Gasteiger partial charge in [-0.3, -0.25) is 0 Å². The van der Waals surface area contributed by atoms with E-state index in [0.29, 0.717) is 6.10 Å². The number of halogens is 1. The molecule has 28 heavy (non-hydrogen) atoms. The Morgan fingerprint density at radius 2 is 1.79 bits per heavy atom. The molecule has 0 radical (unpaired) electrons. The summed E-state index contributed by atoms with van der Waals surface area (Å²) in [6, 6.07) is 10.8. The Hall–Kier alpha value is -1.41. The van der Waals surface area contributed by atoms with Crippen molar-refractivity contribution in [2.24, 2.45) is 0 Å². The molecule has 0 heterocycles. The van der Waals surface area contributed by atoms with Gasteiger partial charge in [-0.1, -0.05) is 45.7 Å². The Morgan fingerprint density at radius 1 is 0.929 bits per heavy atom. The van der Waals surface area contributed by atoms with Crippen LogP contribution in [0.2, 0.25) is 0 Å². The van der Waals surface area contributed by atoms with E-state index in [9.17, 15) is 0 Å². The lowest BCUT2D eigenvalue weighted by Gasteiger charge is -2.19.